The second-order valence-electron chi connectivity index (χ2n) is 12.3. The Bertz CT molecular complexity index is 1980. The van der Waals surface area contributed by atoms with Crippen molar-refractivity contribution in [3.8, 4) is 11.5 Å². The molecule has 7 heterocycles. The first-order valence-corrected chi connectivity index (χ1v) is 14.4. The molecule has 2 fully saturated rings. The number of aliphatic imine (C=N–C) groups is 2. The summed E-state index contributed by atoms with van der Waals surface area (Å²) in [4.78, 5) is 36.8. The van der Waals surface area contributed by atoms with E-state index in [2.05, 4.69) is 20.3 Å². The Balaban J connectivity index is 1.35. The Morgan fingerprint density at radius 1 is 0.929 bits per heavy atom. The number of allylic oxidation sites excluding steroid dienone is 4. The van der Waals surface area contributed by atoms with Crippen molar-refractivity contribution in [2.24, 2.45) is 21.3 Å². The molecule has 1 saturated carbocycles. The summed E-state index contributed by atoms with van der Waals surface area (Å²) in [6.07, 6.45) is 21.5. The summed E-state index contributed by atoms with van der Waals surface area (Å²) in [5.41, 5.74) is 2.31. The minimum absolute atomic E-state index is 0.145. The third-order valence-corrected chi connectivity index (χ3v) is 8.82. The van der Waals surface area contributed by atoms with Gasteiger partial charge >= 0.3 is 0 Å². The molecule has 8 bridgehead atoms. The summed E-state index contributed by atoms with van der Waals surface area (Å²) in [5.74, 6) is 1.38. The number of aromatic amines is 1. The molecular formula is C34H30N6O2. The number of hydrogen-bond acceptors (Lipinski definition) is 7. The summed E-state index contributed by atoms with van der Waals surface area (Å²) in [6, 6.07) is 7.93. The van der Waals surface area contributed by atoms with Crippen molar-refractivity contribution in [2.75, 3.05) is 0 Å². The van der Waals surface area contributed by atoms with E-state index >= 15 is 0 Å². The second-order valence-corrected chi connectivity index (χ2v) is 12.3. The monoisotopic (exact) mass is 554 g/mol. The van der Waals surface area contributed by atoms with Crippen molar-refractivity contribution < 1.29 is 9.21 Å². The fourth-order valence-corrected chi connectivity index (χ4v) is 6.32. The predicted molar refractivity (Wildman–Crippen MR) is 162 cm³/mol. The van der Waals surface area contributed by atoms with Crippen LogP contribution in [0.4, 0.5) is 0 Å². The lowest BCUT2D eigenvalue weighted by Gasteiger charge is -2.26. The molecule has 3 aromatic rings. The number of nitrogens with zero attached hydrogens (tertiary/aromatic N) is 4. The number of oxazole rings is 1. The van der Waals surface area contributed by atoms with Crippen LogP contribution in [0.15, 0.2) is 98.9 Å². The highest BCUT2D eigenvalue weighted by molar-refractivity contribution is 6.20. The van der Waals surface area contributed by atoms with Gasteiger partial charge in [0.15, 0.2) is 17.1 Å². The van der Waals surface area contributed by atoms with Gasteiger partial charge in [-0.05, 0) is 112 Å². The van der Waals surface area contributed by atoms with E-state index in [1.807, 2.05) is 93.6 Å². The number of pyridine rings is 1. The van der Waals surface area contributed by atoms with E-state index in [4.69, 9.17) is 14.4 Å². The maximum atomic E-state index is 14.3. The summed E-state index contributed by atoms with van der Waals surface area (Å²) in [5, 5.41) is 5.58. The van der Waals surface area contributed by atoms with Crippen LogP contribution in [-0.4, -0.2) is 37.7 Å². The Labute approximate surface area is 242 Å². The van der Waals surface area contributed by atoms with Crippen molar-refractivity contribution in [2.45, 2.75) is 44.7 Å². The minimum Gasteiger partial charge on any atom is -0.438 e. The minimum atomic E-state index is -1.00. The Morgan fingerprint density at radius 3 is 2.50 bits per heavy atom. The molecule has 0 radical (unpaired) electrons. The zero-order valence-electron chi connectivity index (χ0n) is 23.7. The zero-order chi connectivity index (χ0) is 28.7. The van der Waals surface area contributed by atoms with Gasteiger partial charge in [0.2, 0.25) is 5.89 Å². The Kier molecular flexibility index (Phi) is 5.09. The van der Waals surface area contributed by atoms with Crippen LogP contribution in [-0.2, 0) is 10.3 Å². The predicted octanol–water partition coefficient (Wildman–Crippen LogP) is 3.98. The fourth-order valence-electron chi connectivity index (χ4n) is 6.32. The van der Waals surface area contributed by atoms with Crippen LogP contribution in [0.1, 0.15) is 38.1 Å². The van der Waals surface area contributed by atoms with Crippen LogP contribution in [0, 0.1) is 18.3 Å². The highest BCUT2D eigenvalue weighted by Crippen LogP contribution is 2.52. The van der Waals surface area contributed by atoms with E-state index in [-0.39, 0.29) is 11.7 Å². The van der Waals surface area contributed by atoms with Gasteiger partial charge in [-0.2, -0.15) is 0 Å². The van der Waals surface area contributed by atoms with Gasteiger partial charge < -0.3 is 14.7 Å². The third kappa shape index (κ3) is 3.85. The molecule has 208 valence electrons. The van der Waals surface area contributed by atoms with Crippen molar-refractivity contribution in [3.05, 3.63) is 107 Å². The summed E-state index contributed by atoms with van der Waals surface area (Å²) >= 11 is 0. The molecular weight excluding hydrogens is 524 g/mol. The molecule has 42 heavy (non-hydrogen) atoms. The summed E-state index contributed by atoms with van der Waals surface area (Å²) < 4.78 is 6.40. The van der Waals surface area contributed by atoms with Crippen molar-refractivity contribution in [1.29, 1.82) is 0 Å². The third-order valence-electron chi connectivity index (χ3n) is 8.82. The molecule has 8 heteroatoms. The molecule has 0 aromatic carbocycles. The van der Waals surface area contributed by atoms with Crippen molar-refractivity contribution >= 4 is 29.4 Å². The van der Waals surface area contributed by atoms with Crippen LogP contribution in [0.2, 0.25) is 0 Å². The van der Waals surface area contributed by atoms with E-state index in [0.29, 0.717) is 11.7 Å². The number of aryl methyl sites for hydroxylation is 1. The molecule has 2 unspecified atom stereocenters. The number of nitrogens with one attached hydrogen (secondary N) is 2. The van der Waals surface area contributed by atoms with Gasteiger partial charge in [-0.1, -0.05) is 0 Å². The van der Waals surface area contributed by atoms with E-state index in [0.717, 1.165) is 57.6 Å². The Morgan fingerprint density at radius 2 is 1.74 bits per heavy atom. The number of Topliss-reactive ketones (excluding diaryl/α,β-unsaturated/α-hetero) is 1. The number of hydrogen-bond donors (Lipinski definition) is 2. The van der Waals surface area contributed by atoms with Crippen LogP contribution in [0.25, 0.3) is 23.6 Å². The second kappa shape index (κ2) is 8.58. The van der Waals surface area contributed by atoms with Crippen LogP contribution in [0.5, 0.6) is 0 Å². The molecule has 3 aromatic heterocycles. The lowest BCUT2D eigenvalue weighted by molar-refractivity contribution is -0.127. The smallest absolute Gasteiger partial charge is 0.227 e. The average Bonchev–Trinajstić information content (AvgIpc) is 3.33. The fraction of sp³-hybridized carbons (Fsp3) is 0.265. The highest BCUT2D eigenvalue weighted by Gasteiger charge is 2.60. The van der Waals surface area contributed by atoms with Gasteiger partial charge in [-0.25, -0.2) is 9.98 Å². The lowest BCUT2D eigenvalue weighted by Crippen LogP contribution is -2.47. The number of carbonyl (C=O) groups excluding carboxylic acids is 1. The average molecular weight is 555 g/mol. The maximum absolute atomic E-state index is 14.3. The van der Waals surface area contributed by atoms with Gasteiger partial charge in [0.1, 0.15) is 5.54 Å². The molecule has 1 aliphatic carbocycles. The van der Waals surface area contributed by atoms with Gasteiger partial charge in [-0.3, -0.25) is 14.8 Å². The largest absolute Gasteiger partial charge is 0.438 e. The van der Waals surface area contributed by atoms with Gasteiger partial charge in [-0.15, -0.1) is 0 Å². The first-order valence-electron chi connectivity index (χ1n) is 14.4. The van der Waals surface area contributed by atoms with Crippen LogP contribution in [0.3, 0.4) is 0 Å². The summed E-state index contributed by atoms with van der Waals surface area (Å²) in [7, 11) is 0. The normalized spacial score (nSPS) is 27.1. The molecule has 0 amide bonds. The standard InChI is InChI=1S/C34H30N6O2/c1-20-4-5-21(18-35-20)30-36-19-29(42-30)33-13-12-26(39-33)15-25-9-8-23(37-25)14-24-10-11-27(38-24)16-34(22-6-7-22)31(41)32(2,3)28(17-33)40-34/h4-5,8-19,22,37,40H,6-7H2,1-3H3. The highest BCUT2D eigenvalue weighted by atomic mass is 16.4. The number of aromatic nitrogens is 3. The molecule has 1 saturated heterocycles. The number of rotatable bonds is 3. The number of carbonyl (C=O) groups is 1. The quantitative estimate of drug-likeness (QED) is 0.509. The zero-order valence-corrected chi connectivity index (χ0v) is 23.7. The van der Waals surface area contributed by atoms with Gasteiger partial charge in [0.05, 0.1) is 34.3 Å². The molecule has 8 rings (SSSR count). The van der Waals surface area contributed by atoms with Crippen molar-refractivity contribution in [3.63, 3.8) is 0 Å². The molecule has 8 nitrogen and oxygen atoms in total. The maximum Gasteiger partial charge on any atom is 0.227 e. The van der Waals surface area contributed by atoms with Gasteiger partial charge in [0, 0.05) is 28.3 Å². The van der Waals surface area contributed by atoms with E-state index in [9.17, 15) is 4.79 Å². The molecule has 5 aliphatic rings. The molecule has 4 aliphatic heterocycles. The number of ketones is 1. The number of H-pyrrole nitrogens is 1. The van der Waals surface area contributed by atoms with Crippen molar-refractivity contribution in [1.82, 2.24) is 20.3 Å². The first kappa shape index (κ1) is 24.9. The first-order chi connectivity index (χ1) is 20.2. The lowest BCUT2D eigenvalue weighted by atomic mass is 9.77. The summed E-state index contributed by atoms with van der Waals surface area (Å²) in [6.45, 7) is 5.93. The van der Waals surface area contributed by atoms with Crippen LogP contribution < -0.4 is 16.0 Å². The number of fused-ring (bicyclic) bond motifs is 6. The Hall–Kier alpha value is -4.85. The molecule has 2 N–H and O–H groups in total. The van der Waals surface area contributed by atoms with Crippen LogP contribution >= 0.6 is 0 Å². The molecule has 0 spiro atoms. The topological polar surface area (TPSA) is 109 Å². The van der Waals surface area contributed by atoms with E-state index in [1.54, 1.807) is 12.4 Å². The van der Waals surface area contributed by atoms with E-state index < -0.39 is 16.5 Å². The van der Waals surface area contributed by atoms with Gasteiger partial charge in [0.25, 0.3) is 0 Å². The molecule has 2 atom stereocenters. The van der Waals surface area contributed by atoms with E-state index in [1.165, 1.54) is 0 Å². The SMILES string of the molecule is Cc1ccc(-c2ncc(C34C=CC(=N3)C=c3ccc([nH]3)=CC3=NC(=CC5(C6CC6)NC(=C4)C(C)(C)C5=O)C=C3)o2)cn1.